The van der Waals surface area contributed by atoms with Gasteiger partial charge in [-0.2, -0.15) is 10.2 Å². The second-order valence-electron chi connectivity index (χ2n) is 5.18. The van der Waals surface area contributed by atoms with Crippen molar-refractivity contribution in [2.45, 2.75) is 6.42 Å². The normalized spacial score (nSPS) is 15.7. The molecular formula is C14H17BrN6O. The van der Waals surface area contributed by atoms with Gasteiger partial charge in [-0.25, -0.2) is 4.68 Å². The fraction of sp³-hybridized carbons (Fsp3) is 0.429. The van der Waals surface area contributed by atoms with E-state index in [1.165, 1.54) is 4.68 Å². The van der Waals surface area contributed by atoms with Crippen LogP contribution in [-0.4, -0.2) is 46.2 Å². The zero-order valence-electron chi connectivity index (χ0n) is 12.3. The molecule has 0 amide bonds. The summed E-state index contributed by atoms with van der Waals surface area (Å²) in [4.78, 5) is 16.4. The topological polar surface area (TPSA) is 67.2 Å². The third-order valence-electron chi connectivity index (χ3n) is 3.78. The highest BCUT2D eigenvalue weighted by atomic mass is 79.9. The fourth-order valence-electron chi connectivity index (χ4n) is 2.57. The molecule has 1 aliphatic heterocycles. The Hall–Kier alpha value is -1.96. The maximum absolute atomic E-state index is 12.0. The molecule has 1 saturated heterocycles. The predicted octanol–water partition coefficient (Wildman–Crippen LogP) is 1.05. The molecule has 7 nitrogen and oxygen atoms in total. The predicted molar refractivity (Wildman–Crippen MR) is 88.3 cm³/mol. The summed E-state index contributed by atoms with van der Waals surface area (Å²) < 4.78 is 1.90. The lowest BCUT2D eigenvalue weighted by Gasteiger charge is -2.24. The zero-order valence-corrected chi connectivity index (χ0v) is 13.9. The minimum Gasteiger partial charge on any atom is -0.367 e. The van der Waals surface area contributed by atoms with Crippen molar-refractivity contribution in [1.82, 2.24) is 20.0 Å². The molecule has 8 heteroatoms. The highest BCUT2D eigenvalue weighted by Gasteiger charge is 2.19. The lowest BCUT2D eigenvalue weighted by atomic mass is 10.3. The first kappa shape index (κ1) is 15.0. The first-order valence-electron chi connectivity index (χ1n) is 7.16. The molecule has 1 aliphatic rings. The van der Waals surface area contributed by atoms with Crippen molar-refractivity contribution in [2.24, 2.45) is 7.05 Å². The maximum Gasteiger partial charge on any atom is 0.282 e. The molecule has 116 valence electrons. The summed E-state index contributed by atoms with van der Waals surface area (Å²) in [6.45, 7) is 3.44. The van der Waals surface area contributed by atoms with Crippen molar-refractivity contribution in [3.8, 4) is 0 Å². The molecule has 0 bridgehead atoms. The summed E-state index contributed by atoms with van der Waals surface area (Å²) in [5, 5.41) is 12.2. The molecule has 0 N–H and O–H groups in total. The summed E-state index contributed by atoms with van der Waals surface area (Å²) >= 11 is 3.40. The lowest BCUT2D eigenvalue weighted by Crippen LogP contribution is -2.33. The van der Waals surface area contributed by atoms with Gasteiger partial charge in [0.1, 0.15) is 4.47 Å². The number of aryl methyl sites for hydroxylation is 1. The van der Waals surface area contributed by atoms with E-state index in [1.807, 2.05) is 12.1 Å². The lowest BCUT2D eigenvalue weighted by molar-refractivity contribution is 0.694. The van der Waals surface area contributed by atoms with Gasteiger partial charge in [-0.1, -0.05) is 0 Å². The van der Waals surface area contributed by atoms with Crippen LogP contribution in [-0.2, 0) is 7.05 Å². The summed E-state index contributed by atoms with van der Waals surface area (Å²) in [6, 6.07) is 3.87. The Balaban J connectivity index is 1.79. The average molecular weight is 365 g/mol. The summed E-state index contributed by atoms with van der Waals surface area (Å²) in [7, 11) is 1.65. The molecule has 0 spiro atoms. The van der Waals surface area contributed by atoms with Crippen LogP contribution in [0.1, 0.15) is 6.42 Å². The Morgan fingerprint density at radius 1 is 1.18 bits per heavy atom. The SMILES string of the molecule is Cn1ncc(N2CCCN(c3cccnn3)CC2)c(Br)c1=O. The van der Waals surface area contributed by atoms with E-state index in [2.05, 4.69) is 41.0 Å². The van der Waals surface area contributed by atoms with E-state index in [4.69, 9.17) is 0 Å². The number of hydrogen-bond acceptors (Lipinski definition) is 6. The van der Waals surface area contributed by atoms with Crippen LogP contribution in [0.25, 0.3) is 0 Å². The van der Waals surface area contributed by atoms with Gasteiger partial charge in [-0.3, -0.25) is 4.79 Å². The molecule has 0 radical (unpaired) electrons. The van der Waals surface area contributed by atoms with E-state index in [0.717, 1.165) is 44.1 Å². The first-order chi connectivity index (χ1) is 10.7. The van der Waals surface area contributed by atoms with Gasteiger partial charge >= 0.3 is 0 Å². The molecular weight excluding hydrogens is 348 g/mol. The third-order valence-corrected chi connectivity index (χ3v) is 4.52. The monoisotopic (exact) mass is 364 g/mol. The highest BCUT2D eigenvalue weighted by Crippen LogP contribution is 2.23. The quantitative estimate of drug-likeness (QED) is 0.793. The van der Waals surface area contributed by atoms with Gasteiger partial charge in [0.25, 0.3) is 5.56 Å². The van der Waals surface area contributed by atoms with E-state index < -0.39 is 0 Å². The Kier molecular flexibility index (Phi) is 4.37. The molecule has 0 unspecified atom stereocenters. The Bertz CT molecular complexity index is 704. The fourth-order valence-corrected chi connectivity index (χ4v) is 3.18. The van der Waals surface area contributed by atoms with Crippen molar-refractivity contribution in [3.05, 3.63) is 39.4 Å². The van der Waals surface area contributed by atoms with Crippen LogP contribution < -0.4 is 15.4 Å². The van der Waals surface area contributed by atoms with E-state index in [-0.39, 0.29) is 5.56 Å². The number of nitrogens with zero attached hydrogens (tertiary/aromatic N) is 6. The third kappa shape index (κ3) is 2.96. The van der Waals surface area contributed by atoms with Gasteiger partial charge in [0.05, 0.1) is 11.9 Å². The minimum absolute atomic E-state index is 0.118. The van der Waals surface area contributed by atoms with E-state index in [0.29, 0.717) is 4.47 Å². The van der Waals surface area contributed by atoms with Crippen molar-refractivity contribution in [3.63, 3.8) is 0 Å². The molecule has 0 aliphatic carbocycles. The van der Waals surface area contributed by atoms with Gasteiger partial charge in [0, 0.05) is 39.4 Å². The molecule has 2 aromatic heterocycles. The molecule has 3 heterocycles. The van der Waals surface area contributed by atoms with E-state index >= 15 is 0 Å². The van der Waals surface area contributed by atoms with Crippen LogP contribution in [0, 0.1) is 0 Å². The minimum atomic E-state index is -0.118. The van der Waals surface area contributed by atoms with Crippen LogP contribution in [0.15, 0.2) is 33.8 Å². The van der Waals surface area contributed by atoms with Gasteiger partial charge < -0.3 is 9.80 Å². The highest BCUT2D eigenvalue weighted by molar-refractivity contribution is 9.10. The van der Waals surface area contributed by atoms with Gasteiger partial charge in [0.2, 0.25) is 0 Å². The van der Waals surface area contributed by atoms with Crippen LogP contribution in [0.2, 0.25) is 0 Å². The van der Waals surface area contributed by atoms with Crippen LogP contribution in [0.3, 0.4) is 0 Å². The summed E-state index contributed by atoms with van der Waals surface area (Å²) in [5.41, 5.74) is 0.733. The number of rotatable bonds is 2. The number of anilines is 2. The van der Waals surface area contributed by atoms with Crippen molar-refractivity contribution in [1.29, 1.82) is 0 Å². The Labute approximate surface area is 136 Å². The number of hydrogen-bond donors (Lipinski definition) is 0. The number of halogens is 1. The van der Waals surface area contributed by atoms with Crippen molar-refractivity contribution in [2.75, 3.05) is 36.0 Å². The largest absolute Gasteiger partial charge is 0.367 e. The second-order valence-corrected chi connectivity index (χ2v) is 5.98. The molecule has 2 aromatic rings. The van der Waals surface area contributed by atoms with E-state index in [9.17, 15) is 4.79 Å². The molecule has 0 saturated carbocycles. The zero-order chi connectivity index (χ0) is 15.5. The Morgan fingerprint density at radius 3 is 2.73 bits per heavy atom. The molecule has 0 atom stereocenters. The smallest absolute Gasteiger partial charge is 0.282 e. The molecule has 1 fully saturated rings. The first-order valence-corrected chi connectivity index (χ1v) is 7.95. The maximum atomic E-state index is 12.0. The van der Waals surface area contributed by atoms with Gasteiger partial charge in [-0.05, 0) is 34.5 Å². The van der Waals surface area contributed by atoms with Crippen molar-refractivity contribution < 1.29 is 0 Å². The van der Waals surface area contributed by atoms with Gasteiger partial charge in [0.15, 0.2) is 5.82 Å². The molecule has 0 aromatic carbocycles. The van der Waals surface area contributed by atoms with Crippen LogP contribution >= 0.6 is 15.9 Å². The second kappa shape index (κ2) is 6.43. The summed E-state index contributed by atoms with van der Waals surface area (Å²) in [6.07, 6.45) is 4.40. The van der Waals surface area contributed by atoms with Gasteiger partial charge in [-0.15, -0.1) is 5.10 Å². The number of aromatic nitrogens is 4. The molecule has 22 heavy (non-hydrogen) atoms. The molecule has 3 rings (SSSR count). The summed E-state index contributed by atoms with van der Waals surface area (Å²) in [5.74, 6) is 0.894. The van der Waals surface area contributed by atoms with Crippen LogP contribution in [0.5, 0.6) is 0 Å². The van der Waals surface area contributed by atoms with Crippen LogP contribution in [0.4, 0.5) is 11.5 Å². The standard InChI is InChI=1S/C14H17BrN6O/c1-19-14(22)13(15)11(10-17-19)20-6-3-7-21(9-8-20)12-4-2-5-16-18-12/h2,4-5,10H,3,6-9H2,1H3. The average Bonchev–Trinajstić information content (AvgIpc) is 2.80. The van der Waals surface area contributed by atoms with Crippen molar-refractivity contribution >= 4 is 27.4 Å². The van der Waals surface area contributed by atoms with E-state index in [1.54, 1.807) is 19.4 Å². The Morgan fingerprint density at radius 2 is 1.95 bits per heavy atom.